The van der Waals surface area contributed by atoms with Gasteiger partial charge in [-0.3, -0.25) is 4.79 Å². The van der Waals surface area contributed by atoms with Crippen LogP contribution in [-0.4, -0.2) is 10.9 Å². The number of carbonyl (C=O) groups is 1. The van der Waals surface area contributed by atoms with Crippen LogP contribution in [0.4, 0.5) is 21.6 Å². The van der Waals surface area contributed by atoms with Crippen molar-refractivity contribution in [2.45, 2.75) is 0 Å². The molecule has 114 valence electrons. The van der Waals surface area contributed by atoms with Gasteiger partial charge >= 0.3 is 0 Å². The molecule has 1 aromatic heterocycles. The Labute approximate surface area is 133 Å². The van der Waals surface area contributed by atoms with E-state index in [0.717, 1.165) is 5.69 Å². The Balaban J connectivity index is 1.85. The minimum atomic E-state index is -0.484. The van der Waals surface area contributed by atoms with E-state index in [9.17, 15) is 9.18 Å². The fraction of sp³-hybridized carbons (Fsp3) is 0. The zero-order chi connectivity index (χ0) is 16.1. The Morgan fingerprint density at radius 2 is 1.65 bits per heavy atom. The van der Waals surface area contributed by atoms with Crippen molar-refractivity contribution in [2.24, 2.45) is 0 Å². The van der Waals surface area contributed by atoms with E-state index in [4.69, 9.17) is 0 Å². The van der Waals surface area contributed by atoms with Gasteiger partial charge in [-0.05, 0) is 36.4 Å². The molecule has 3 aromatic rings. The van der Waals surface area contributed by atoms with Gasteiger partial charge in [0.05, 0.1) is 11.3 Å². The van der Waals surface area contributed by atoms with E-state index in [1.54, 1.807) is 30.5 Å². The molecule has 1 amide bonds. The minimum Gasteiger partial charge on any atom is -0.340 e. The maximum Gasteiger partial charge on any atom is 0.259 e. The van der Waals surface area contributed by atoms with E-state index in [1.807, 2.05) is 30.3 Å². The van der Waals surface area contributed by atoms with Crippen LogP contribution in [0.1, 0.15) is 10.4 Å². The molecule has 0 aliphatic rings. The summed E-state index contributed by atoms with van der Waals surface area (Å²) in [4.78, 5) is 16.6. The van der Waals surface area contributed by atoms with Crippen LogP contribution in [0.2, 0.25) is 0 Å². The third-order valence-corrected chi connectivity index (χ3v) is 3.21. The van der Waals surface area contributed by atoms with Crippen LogP contribution in [-0.2, 0) is 0 Å². The lowest BCUT2D eigenvalue weighted by molar-refractivity contribution is 0.102. The van der Waals surface area contributed by atoms with Crippen molar-refractivity contribution >= 4 is 23.1 Å². The summed E-state index contributed by atoms with van der Waals surface area (Å²) in [6.07, 6.45) is 1.59. The number of nitrogens with zero attached hydrogens (tertiary/aromatic N) is 1. The first-order valence-electron chi connectivity index (χ1n) is 7.07. The van der Waals surface area contributed by atoms with Crippen molar-refractivity contribution in [3.63, 3.8) is 0 Å². The smallest absolute Gasteiger partial charge is 0.259 e. The molecule has 3 rings (SSSR count). The molecule has 2 aromatic carbocycles. The SMILES string of the molecule is O=C(Nc1ccccc1F)c1cccnc1Nc1ccccc1. The van der Waals surface area contributed by atoms with Crippen LogP contribution in [0.15, 0.2) is 72.9 Å². The Kier molecular flexibility index (Phi) is 4.29. The topological polar surface area (TPSA) is 54.0 Å². The number of pyridine rings is 1. The van der Waals surface area contributed by atoms with Crippen molar-refractivity contribution in [2.75, 3.05) is 10.6 Å². The molecule has 0 aliphatic carbocycles. The average molecular weight is 307 g/mol. The highest BCUT2D eigenvalue weighted by Gasteiger charge is 2.14. The fourth-order valence-electron chi connectivity index (χ4n) is 2.10. The predicted molar refractivity (Wildman–Crippen MR) is 88.3 cm³/mol. The van der Waals surface area contributed by atoms with E-state index in [0.29, 0.717) is 11.4 Å². The highest BCUT2D eigenvalue weighted by molar-refractivity contribution is 6.07. The molecule has 0 bridgehead atoms. The standard InChI is InChI=1S/C18H14FN3O/c19-15-10-4-5-11-16(15)22-18(23)14-9-6-12-20-17(14)21-13-7-2-1-3-8-13/h1-12H,(H,20,21)(H,22,23). The molecule has 5 heteroatoms. The van der Waals surface area contributed by atoms with Crippen LogP contribution < -0.4 is 10.6 Å². The Morgan fingerprint density at radius 1 is 0.913 bits per heavy atom. The van der Waals surface area contributed by atoms with E-state index in [-0.39, 0.29) is 5.69 Å². The normalized spacial score (nSPS) is 10.1. The molecule has 0 spiro atoms. The zero-order valence-electron chi connectivity index (χ0n) is 12.2. The molecule has 2 N–H and O–H groups in total. The van der Waals surface area contributed by atoms with E-state index < -0.39 is 11.7 Å². The molecule has 0 saturated carbocycles. The molecule has 0 fully saturated rings. The fourth-order valence-corrected chi connectivity index (χ4v) is 2.10. The van der Waals surface area contributed by atoms with Crippen LogP contribution in [0.25, 0.3) is 0 Å². The second-order valence-corrected chi connectivity index (χ2v) is 4.82. The predicted octanol–water partition coefficient (Wildman–Crippen LogP) is 4.22. The minimum absolute atomic E-state index is 0.131. The molecule has 0 atom stereocenters. The van der Waals surface area contributed by atoms with Crippen LogP contribution in [0, 0.1) is 5.82 Å². The lowest BCUT2D eigenvalue weighted by Gasteiger charge is -2.11. The molecule has 0 saturated heterocycles. The molecule has 1 heterocycles. The second kappa shape index (κ2) is 6.70. The van der Waals surface area contributed by atoms with Crippen molar-refractivity contribution in [3.05, 3.63) is 84.3 Å². The van der Waals surface area contributed by atoms with Gasteiger partial charge in [-0.2, -0.15) is 0 Å². The summed E-state index contributed by atoms with van der Waals surface area (Å²) in [5.41, 5.74) is 1.28. The first kappa shape index (κ1) is 14.7. The van der Waals surface area contributed by atoms with Gasteiger partial charge in [0, 0.05) is 11.9 Å². The number of anilines is 3. The number of amides is 1. The van der Waals surface area contributed by atoms with Crippen molar-refractivity contribution in [1.82, 2.24) is 4.98 Å². The lowest BCUT2D eigenvalue weighted by atomic mass is 10.2. The van der Waals surface area contributed by atoms with Gasteiger partial charge in [0.1, 0.15) is 11.6 Å². The summed E-state index contributed by atoms with van der Waals surface area (Å²) < 4.78 is 13.7. The third kappa shape index (κ3) is 3.52. The molecular weight excluding hydrogens is 293 g/mol. The van der Waals surface area contributed by atoms with Gasteiger partial charge in [-0.25, -0.2) is 9.37 Å². The summed E-state index contributed by atoms with van der Waals surface area (Å²) in [6.45, 7) is 0. The summed E-state index contributed by atoms with van der Waals surface area (Å²) in [7, 11) is 0. The third-order valence-electron chi connectivity index (χ3n) is 3.21. The summed E-state index contributed by atoms with van der Waals surface area (Å²) >= 11 is 0. The van der Waals surface area contributed by atoms with Gasteiger partial charge < -0.3 is 10.6 Å². The average Bonchev–Trinajstić information content (AvgIpc) is 2.58. The van der Waals surface area contributed by atoms with Crippen molar-refractivity contribution in [1.29, 1.82) is 0 Å². The highest BCUT2D eigenvalue weighted by atomic mass is 19.1. The summed E-state index contributed by atoms with van der Waals surface area (Å²) in [5.74, 6) is -0.503. The van der Waals surface area contributed by atoms with Crippen LogP contribution in [0.5, 0.6) is 0 Å². The molecule has 4 nitrogen and oxygen atoms in total. The molecule has 0 radical (unpaired) electrons. The molecular formula is C18H14FN3O. The first-order valence-corrected chi connectivity index (χ1v) is 7.07. The first-order chi connectivity index (χ1) is 11.2. The number of para-hydroxylation sites is 2. The van der Waals surface area contributed by atoms with E-state index >= 15 is 0 Å². The Morgan fingerprint density at radius 3 is 2.43 bits per heavy atom. The Hall–Kier alpha value is -3.21. The number of benzene rings is 2. The summed E-state index contributed by atoms with van der Waals surface area (Å²) in [6, 6.07) is 18.7. The zero-order valence-corrected chi connectivity index (χ0v) is 12.2. The number of hydrogen-bond acceptors (Lipinski definition) is 3. The van der Waals surface area contributed by atoms with Gasteiger partial charge in [0.25, 0.3) is 5.91 Å². The van der Waals surface area contributed by atoms with Gasteiger partial charge in [-0.1, -0.05) is 30.3 Å². The number of rotatable bonds is 4. The quantitative estimate of drug-likeness (QED) is 0.759. The Bertz CT molecular complexity index is 821. The van der Waals surface area contributed by atoms with E-state index in [2.05, 4.69) is 15.6 Å². The number of halogens is 1. The van der Waals surface area contributed by atoms with Gasteiger partial charge in [-0.15, -0.1) is 0 Å². The van der Waals surface area contributed by atoms with E-state index in [1.165, 1.54) is 12.1 Å². The second-order valence-electron chi connectivity index (χ2n) is 4.82. The number of hydrogen-bond donors (Lipinski definition) is 2. The number of aromatic nitrogens is 1. The van der Waals surface area contributed by atoms with Crippen LogP contribution in [0.3, 0.4) is 0 Å². The molecule has 23 heavy (non-hydrogen) atoms. The largest absolute Gasteiger partial charge is 0.340 e. The maximum absolute atomic E-state index is 13.7. The van der Waals surface area contributed by atoms with Crippen molar-refractivity contribution < 1.29 is 9.18 Å². The lowest BCUT2D eigenvalue weighted by Crippen LogP contribution is -2.15. The number of nitrogens with one attached hydrogen (secondary N) is 2. The summed E-state index contributed by atoms with van der Waals surface area (Å²) in [5, 5.41) is 5.65. The van der Waals surface area contributed by atoms with Crippen LogP contribution >= 0.6 is 0 Å². The van der Waals surface area contributed by atoms with Crippen molar-refractivity contribution in [3.8, 4) is 0 Å². The molecule has 0 aliphatic heterocycles. The number of carbonyl (C=O) groups excluding carboxylic acids is 1. The van der Waals surface area contributed by atoms with Gasteiger partial charge in [0.15, 0.2) is 0 Å². The highest BCUT2D eigenvalue weighted by Crippen LogP contribution is 2.20. The van der Waals surface area contributed by atoms with Gasteiger partial charge in [0.2, 0.25) is 0 Å². The molecule has 0 unspecified atom stereocenters. The maximum atomic E-state index is 13.7. The monoisotopic (exact) mass is 307 g/mol.